The highest BCUT2D eigenvalue weighted by molar-refractivity contribution is 6.01. The summed E-state index contributed by atoms with van der Waals surface area (Å²) < 4.78 is 10.6. The molecule has 0 fully saturated rings. The molecule has 5 rings (SSSR count). The molecule has 3 aromatic rings. The van der Waals surface area contributed by atoms with E-state index in [-0.39, 0.29) is 24.2 Å². The smallest absolute Gasteiger partial charge is 0.337 e. The van der Waals surface area contributed by atoms with Gasteiger partial charge in [-0.15, -0.1) is 0 Å². The Labute approximate surface area is 155 Å². The Bertz CT molecular complexity index is 1130. The van der Waals surface area contributed by atoms with Crippen molar-refractivity contribution in [3.05, 3.63) is 77.0 Å². The molecule has 5 nitrogen and oxygen atoms in total. The van der Waals surface area contributed by atoms with Crippen LogP contribution in [0.3, 0.4) is 0 Å². The fourth-order valence-corrected chi connectivity index (χ4v) is 4.04. The van der Waals surface area contributed by atoms with Crippen molar-refractivity contribution < 1.29 is 19.4 Å². The number of hydrogen-bond acceptors (Lipinski definition) is 5. The van der Waals surface area contributed by atoms with Crippen molar-refractivity contribution in [2.75, 3.05) is 19.0 Å². The number of cyclic esters (lactones) is 1. The first-order chi connectivity index (χ1) is 13.2. The lowest BCUT2D eigenvalue weighted by Gasteiger charge is -2.29. The number of anilines is 1. The van der Waals surface area contributed by atoms with Crippen LogP contribution in [0, 0.1) is 0 Å². The van der Waals surface area contributed by atoms with Gasteiger partial charge >= 0.3 is 5.97 Å². The highest BCUT2D eigenvalue weighted by atomic mass is 16.5. The van der Waals surface area contributed by atoms with Gasteiger partial charge in [0.15, 0.2) is 11.5 Å². The van der Waals surface area contributed by atoms with Crippen LogP contribution in [0.1, 0.15) is 17.0 Å². The van der Waals surface area contributed by atoms with E-state index < -0.39 is 0 Å². The van der Waals surface area contributed by atoms with Gasteiger partial charge in [-0.25, -0.2) is 4.79 Å². The number of phenolic OH excluding ortho intramolecular Hbond substituents is 1. The maximum absolute atomic E-state index is 12.6. The van der Waals surface area contributed by atoms with Gasteiger partial charge in [0.25, 0.3) is 0 Å². The normalized spacial score (nSPS) is 18.0. The number of rotatable bonds is 2. The van der Waals surface area contributed by atoms with Crippen LogP contribution in [0.5, 0.6) is 11.5 Å². The third-order valence-electron chi connectivity index (χ3n) is 5.26. The molecule has 0 amide bonds. The minimum atomic E-state index is -0.312. The largest absolute Gasteiger partial charge is 0.504 e. The zero-order valence-electron chi connectivity index (χ0n) is 14.7. The van der Waals surface area contributed by atoms with Gasteiger partial charge in [-0.2, -0.15) is 0 Å². The van der Waals surface area contributed by atoms with E-state index in [9.17, 15) is 9.90 Å². The molecule has 0 saturated heterocycles. The summed E-state index contributed by atoms with van der Waals surface area (Å²) in [7, 11) is 1.51. The van der Waals surface area contributed by atoms with Gasteiger partial charge in [-0.3, -0.25) is 0 Å². The fraction of sp³-hybridized carbons (Fsp3) is 0.136. The number of carbonyl (C=O) groups is 1. The van der Waals surface area contributed by atoms with E-state index in [2.05, 4.69) is 23.5 Å². The third-order valence-corrected chi connectivity index (χ3v) is 5.26. The predicted molar refractivity (Wildman–Crippen MR) is 102 cm³/mol. The average Bonchev–Trinajstić information content (AvgIpc) is 3.07. The van der Waals surface area contributed by atoms with Crippen LogP contribution in [0.25, 0.3) is 10.8 Å². The maximum Gasteiger partial charge on any atom is 0.337 e. The number of carbonyl (C=O) groups excluding carboxylic acids is 1. The quantitative estimate of drug-likeness (QED) is 0.679. The van der Waals surface area contributed by atoms with Crippen LogP contribution in [0.2, 0.25) is 0 Å². The standard InChI is InChI=1S/C22H17NO4/c1-26-18-10-13(7-9-17(18)24)19-20-14-5-3-2-4-12(14)6-8-15(20)23-16-11-27-22(25)21(16)19/h2-10,19,23-24H,11H2,1H3/t19-/m0/s1. The van der Waals surface area contributed by atoms with Crippen molar-refractivity contribution >= 4 is 22.4 Å². The van der Waals surface area contributed by atoms with Gasteiger partial charge < -0.3 is 19.9 Å². The second-order valence-corrected chi connectivity index (χ2v) is 6.71. The van der Waals surface area contributed by atoms with Crippen LogP contribution in [0.15, 0.2) is 65.9 Å². The van der Waals surface area contributed by atoms with Crippen LogP contribution < -0.4 is 10.1 Å². The zero-order valence-corrected chi connectivity index (χ0v) is 14.7. The monoisotopic (exact) mass is 359 g/mol. The summed E-state index contributed by atoms with van der Waals surface area (Å²) in [6.45, 7) is 0.242. The minimum Gasteiger partial charge on any atom is -0.504 e. The van der Waals surface area contributed by atoms with Gasteiger partial charge in [-0.05, 0) is 40.1 Å². The van der Waals surface area contributed by atoms with E-state index in [1.807, 2.05) is 24.3 Å². The van der Waals surface area contributed by atoms with Crippen molar-refractivity contribution in [1.29, 1.82) is 0 Å². The molecule has 0 aromatic heterocycles. The van der Waals surface area contributed by atoms with E-state index in [1.165, 1.54) is 7.11 Å². The van der Waals surface area contributed by atoms with Crippen LogP contribution >= 0.6 is 0 Å². The second-order valence-electron chi connectivity index (χ2n) is 6.71. The summed E-state index contributed by atoms with van der Waals surface area (Å²) in [4.78, 5) is 12.6. The number of aromatic hydroxyl groups is 1. The SMILES string of the molecule is COc1cc([C@@H]2C3=C(COC3=O)Nc3ccc4ccccc4c32)ccc1O. The molecule has 134 valence electrons. The lowest BCUT2D eigenvalue weighted by atomic mass is 9.79. The van der Waals surface area contributed by atoms with Gasteiger partial charge in [-0.1, -0.05) is 36.4 Å². The maximum atomic E-state index is 12.6. The lowest BCUT2D eigenvalue weighted by molar-refractivity contribution is -0.136. The van der Waals surface area contributed by atoms with Crippen molar-refractivity contribution in [3.63, 3.8) is 0 Å². The number of hydrogen-bond donors (Lipinski definition) is 2. The molecule has 0 aliphatic carbocycles. The third kappa shape index (κ3) is 2.28. The predicted octanol–water partition coefficient (Wildman–Crippen LogP) is 3.92. The molecule has 0 spiro atoms. The Hall–Kier alpha value is -3.47. The molecule has 2 heterocycles. The Balaban J connectivity index is 1.82. The Kier molecular flexibility index (Phi) is 3.37. The number of benzene rings is 3. The Morgan fingerprint density at radius 3 is 2.85 bits per heavy atom. The van der Waals surface area contributed by atoms with E-state index >= 15 is 0 Å². The molecular weight excluding hydrogens is 342 g/mol. The average molecular weight is 359 g/mol. The van der Waals surface area contributed by atoms with E-state index in [4.69, 9.17) is 9.47 Å². The fourth-order valence-electron chi connectivity index (χ4n) is 4.04. The molecule has 0 radical (unpaired) electrons. The molecule has 3 aromatic carbocycles. The summed E-state index contributed by atoms with van der Waals surface area (Å²) in [5.74, 6) is -0.169. The van der Waals surface area contributed by atoms with E-state index in [1.54, 1.807) is 12.1 Å². The van der Waals surface area contributed by atoms with Crippen molar-refractivity contribution in [3.8, 4) is 11.5 Å². The van der Waals surface area contributed by atoms with Crippen LogP contribution in [-0.2, 0) is 9.53 Å². The summed E-state index contributed by atoms with van der Waals surface area (Å²) in [5.41, 5.74) is 4.27. The van der Waals surface area contributed by atoms with Crippen molar-refractivity contribution in [2.24, 2.45) is 0 Å². The molecule has 5 heteroatoms. The highest BCUT2D eigenvalue weighted by Crippen LogP contribution is 2.48. The van der Waals surface area contributed by atoms with Crippen molar-refractivity contribution in [2.45, 2.75) is 5.92 Å². The highest BCUT2D eigenvalue weighted by Gasteiger charge is 2.39. The van der Waals surface area contributed by atoms with Gasteiger partial charge in [0.1, 0.15) is 6.61 Å². The Morgan fingerprint density at radius 1 is 1.15 bits per heavy atom. The number of nitrogens with one attached hydrogen (secondary N) is 1. The summed E-state index contributed by atoms with van der Waals surface area (Å²) >= 11 is 0. The molecule has 2 aliphatic rings. The van der Waals surface area contributed by atoms with E-state index in [0.29, 0.717) is 11.3 Å². The first-order valence-electron chi connectivity index (χ1n) is 8.73. The van der Waals surface area contributed by atoms with Crippen LogP contribution in [0.4, 0.5) is 5.69 Å². The first kappa shape index (κ1) is 15.8. The minimum absolute atomic E-state index is 0.0662. The molecule has 2 aliphatic heterocycles. The molecule has 27 heavy (non-hydrogen) atoms. The molecule has 1 atom stereocenters. The summed E-state index contributed by atoms with van der Waals surface area (Å²) in [6.07, 6.45) is 0. The second kappa shape index (κ2) is 5.77. The summed E-state index contributed by atoms with van der Waals surface area (Å²) in [5, 5.41) is 15.5. The number of methoxy groups -OCH3 is 1. The first-order valence-corrected chi connectivity index (χ1v) is 8.73. The molecule has 0 saturated carbocycles. The molecular formula is C22H17NO4. The lowest BCUT2D eigenvalue weighted by Crippen LogP contribution is -2.20. The number of phenols is 1. The molecule has 2 N–H and O–H groups in total. The zero-order chi connectivity index (χ0) is 18.5. The van der Waals surface area contributed by atoms with Gasteiger partial charge in [0.2, 0.25) is 0 Å². The molecule has 0 unspecified atom stereocenters. The topological polar surface area (TPSA) is 67.8 Å². The number of esters is 1. The van der Waals surface area contributed by atoms with Crippen LogP contribution in [-0.4, -0.2) is 24.8 Å². The molecule has 0 bridgehead atoms. The van der Waals surface area contributed by atoms with Crippen molar-refractivity contribution in [1.82, 2.24) is 0 Å². The number of ether oxygens (including phenoxy) is 2. The summed E-state index contributed by atoms with van der Waals surface area (Å²) in [6, 6.07) is 17.4. The van der Waals surface area contributed by atoms with Gasteiger partial charge in [0, 0.05) is 11.6 Å². The Morgan fingerprint density at radius 2 is 2.00 bits per heavy atom. The van der Waals surface area contributed by atoms with E-state index in [0.717, 1.165) is 33.3 Å². The number of fused-ring (bicyclic) bond motifs is 3. The van der Waals surface area contributed by atoms with Gasteiger partial charge in [0.05, 0.1) is 18.4 Å².